The van der Waals surface area contributed by atoms with Gasteiger partial charge in [-0.2, -0.15) is 0 Å². The van der Waals surface area contributed by atoms with Crippen LogP contribution in [0.2, 0.25) is 0 Å². The number of cyclic esters (lactones) is 4. The van der Waals surface area contributed by atoms with E-state index in [1.807, 2.05) is 27.7 Å². The Morgan fingerprint density at radius 2 is 0.718 bits per heavy atom. The number of aliphatic hydroxyl groups excluding tert-OH is 1. The van der Waals surface area contributed by atoms with Crippen LogP contribution in [0.4, 0.5) is 0 Å². The molecule has 28 rings (SSSR count). The SMILES string of the molecule is C.C.CC(C)[C@]12O[C@H]1[C@@H]1O[C@@]13[C@@]1(C)CCC4=C(COC4=O)[C@@H]1C[C@@H]1O[C@@]13C2=O.CC(C)[C@]12O[C@H]1[C@@H]1O[C@]13[C@]1(O[C@H]1C[C@H]1C4=C(CC[C@@]13C)C(=O)OC4)[C@@H]2O.CC(C)[C@]12O[C@H]1[C@@H]1O[C@]13[C@]1(O[C@H]1C[C@H]1C4=C(CC[C@@]13C)C(=O)OC4)[C@@]2(C)O.CC(C)[C@]12O[C@H]1[C@@H]1O[C@]13[C@]1(O[C@H]1C[C@H]1C4=C(CC[C@@]13C)C(=O)OC4)[C@]2(C)O.[CH3-].[Li+]. The summed E-state index contributed by atoms with van der Waals surface area (Å²) in [7, 11) is 0. The van der Waals surface area contributed by atoms with Gasteiger partial charge in [-0.15, -0.1) is 0 Å². The van der Waals surface area contributed by atoms with Crippen molar-refractivity contribution in [1.82, 2.24) is 0 Å². The number of carbonyl (C=O) groups excluding carboxylic acids is 5. The van der Waals surface area contributed by atoms with Gasteiger partial charge in [0.15, 0.2) is 28.0 Å². The Kier molecular flexibility index (Phi) is 13.6. The molecule has 25 heteroatoms. The second-order valence-electron chi connectivity index (χ2n) is 40.5. The number of hydrogen-bond donors (Lipinski definition) is 3. The molecule has 0 unspecified atom stereocenters. The predicted octanol–water partition coefficient (Wildman–Crippen LogP) is 4.13. The van der Waals surface area contributed by atoms with Gasteiger partial charge in [-0.3, -0.25) is 4.79 Å². The fourth-order valence-corrected chi connectivity index (χ4v) is 31.8. The van der Waals surface area contributed by atoms with Gasteiger partial charge in [0.2, 0.25) is 5.78 Å². The Hall–Kier alpha value is -3.49. The van der Waals surface area contributed by atoms with Crippen LogP contribution in [0.25, 0.3) is 0 Å². The van der Waals surface area contributed by atoms with Crippen molar-refractivity contribution in [2.45, 2.75) is 347 Å². The molecule has 0 amide bonds. The maximum atomic E-state index is 13.6. The molecular formula is C85H109LiO24. The van der Waals surface area contributed by atoms with Crippen molar-refractivity contribution in [3.05, 3.63) is 52.0 Å². The zero-order valence-electron chi connectivity index (χ0n) is 64.9. The van der Waals surface area contributed by atoms with Crippen molar-refractivity contribution in [2.24, 2.45) is 69.0 Å². The van der Waals surface area contributed by atoms with Gasteiger partial charge in [-0.05, 0) is 161 Å². The van der Waals surface area contributed by atoms with E-state index in [2.05, 4.69) is 69.2 Å². The van der Waals surface area contributed by atoms with E-state index >= 15 is 0 Å². The van der Waals surface area contributed by atoms with Crippen LogP contribution in [0, 0.1) is 76.4 Å². The zero-order chi connectivity index (χ0) is 73.3. The molecule has 0 aromatic rings. The third-order valence-electron chi connectivity index (χ3n) is 37.1. The molecule has 8 spiro atoms. The van der Waals surface area contributed by atoms with Crippen molar-refractivity contribution in [2.75, 3.05) is 26.4 Å². The molecule has 12 aliphatic carbocycles. The first-order chi connectivity index (χ1) is 50.1. The molecule has 16 heterocycles. The first-order valence-corrected chi connectivity index (χ1v) is 40.4. The number of ketones is 1. The van der Waals surface area contributed by atoms with Crippen LogP contribution in [-0.2, 0) is 99.8 Å². The van der Waals surface area contributed by atoms with Crippen molar-refractivity contribution >= 4 is 29.7 Å². The minimum atomic E-state index is -1.10. The van der Waals surface area contributed by atoms with Crippen molar-refractivity contribution < 1.29 is 134 Å². The smallest absolute Gasteiger partial charge is 0.458 e. The predicted molar refractivity (Wildman–Crippen MR) is 376 cm³/mol. The maximum Gasteiger partial charge on any atom is 1.00 e. The number of hydrogen-bond acceptors (Lipinski definition) is 24. The van der Waals surface area contributed by atoms with Crippen LogP contribution < -0.4 is 18.9 Å². The minimum Gasteiger partial charge on any atom is -0.458 e. The summed E-state index contributed by atoms with van der Waals surface area (Å²) in [6.07, 6.45) is 8.16. The van der Waals surface area contributed by atoms with Gasteiger partial charge in [0, 0.05) is 44.0 Å². The van der Waals surface area contributed by atoms with E-state index in [-0.39, 0.29) is 213 Å². The number of aliphatic hydroxyl groups is 3. The van der Waals surface area contributed by atoms with E-state index in [1.54, 1.807) is 0 Å². The standard InChI is InChI=1S/2C21H26O6.C20H24O6.C20H22O6.2CH4.CH3.Li/c2*1-9(2)19-14(26-19)15-21(27-15)17(3)6-5-10-11(8-24-16(10)22)12(17)7-13-20(21,25-13)18(19,4)23;2*1-8(2)18-13(25-18)14-20(26-14)17(3)5-4-9-10(7-23-15(9)21)11(17)6-12-19(20,24-12)16(18)22;;;;/h2*9,12-15,23H,5-8H2,1-4H3;8,11-14,16,22H,4-7H2,1-3H3;8,11-14H,4-7H2,1-3H3;2*1H4;1H3;/q;;;;;;-1;+1/t12-,13-,14-,15-,17-,18+,19-,20+,21+;12-,13-,14-,15-,17-,18-,19-,20+,21+;11-,12-,13-,14-,16+,17-,18-,19+,20+;11-,12-,13-,14-,17-,18-,19+,20+;;;;/m0000..../s1. The fourth-order valence-electron chi connectivity index (χ4n) is 31.8. The molecule has 12 saturated heterocycles. The largest absolute Gasteiger partial charge is 1.00 e. The normalized spacial score (nSPS) is 60.6. The van der Waals surface area contributed by atoms with Crippen LogP contribution in [0.1, 0.15) is 189 Å². The van der Waals surface area contributed by atoms with E-state index in [4.69, 9.17) is 75.8 Å². The quantitative estimate of drug-likeness (QED) is 0.117. The summed E-state index contributed by atoms with van der Waals surface area (Å²) in [6, 6.07) is 0. The Balaban J connectivity index is 0.0000000920. The van der Waals surface area contributed by atoms with E-state index < -0.39 is 84.5 Å². The number of rotatable bonds is 4. The van der Waals surface area contributed by atoms with Gasteiger partial charge in [0.05, 0.1) is 24.4 Å². The number of ether oxygens (including phenoxy) is 16. The first kappa shape index (κ1) is 74.1. The van der Waals surface area contributed by atoms with Crippen LogP contribution in [0.5, 0.6) is 0 Å². The van der Waals surface area contributed by atoms with Gasteiger partial charge >= 0.3 is 42.7 Å². The molecule has 0 radical (unpaired) electrons. The number of esters is 4. The van der Waals surface area contributed by atoms with Crippen LogP contribution in [-0.4, -0.2) is 229 Å². The molecule has 8 saturated carbocycles. The molecule has 35 atom stereocenters. The number of carbonyl (C=O) groups is 5. The van der Waals surface area contributed by atoms with Gasteiger partial charge in [0.1, 0.15) is 132 Å². The zero-order valence-corrected chi connectivity index (χ0v) is 64.9. The minimum absolute atomic E-state index is 0. The molecule has 28 aliphatic rings. The van der Waals surface area contributed by atoms with E-state index in [0.29, 0.717) is 32.8 Å². The summed E-state index contributed by atoms with van der Waals surface area (Å²) in [5, 5.41) is 35.3. The van der Waals surface area contributed by atoms with Gasteiger partial charge < -0.3 is 98.5 Å². The van der Waals surface area contributed by atoms with Crippen LogP contribution >= 0.6 is 0 Å². The molecule has 594 valence electrons. The molecule has 3 N–H and O–H groups in total. The molecule has 20 fully saturated rings. The second kappa shape index (κ2) is 20.3. The summed E-state index contributed by atoms with van der Waals surface area (Å²) in [6.45, 7) is 31.3. The summed E-state index contributed by atoms with van der Waals surface area (Å²) in [5.74, 6) is 1.04. The van der Waals surface area contributed by atoms with E-state index in [9.17, 15) is 39.3 Å². The average Bonchev–Trinajstić information content (AvgIpc) is 1.42. The molecule has 110 heavy (non-hydrogen) atoms. The third-order valence-corrected chi connectivity index (χ3v) is 37.1. The Morgan fingerprint density at radius 1 is 0.364 bits per heavy atom. The van der Waals surface area contributed by atoms with Crippen molar-refractivity contribution in [3.8, 4) is 0 Å². The first-order valence-electron chi connectivity index (χ1n) is 40.4. The topological polar surface area (TPSA) is 333 Å². The van der Waals surface area contributed by atoms with Gasteiger partial charge in [-0.1, -0.05) is 97.9 Å². The number of fused-ring (bicyclic) bond motifs is 16. The van der Waals surface area contributed by atoms with E-state index in [1.165, 1.54) is 0 Å². The summed E-state index contributed by atoms with van der Waals surface area (Å²) >= 11 is 0. The number of epoxide rings is 12. The van der Waals surface area contributed by atoms with E-state index in [0.717, 1.165) is 115 Å². The molecule has 0 bridgehead atoms. The summed E-state index contributed by atoms with van der Waals surface area (Å²) in [4.78, 5) is 62.0. The molecule has 24 nitrogen and oxygen atoms in total. The average molecular weight is 1520 g/mol. The Morgan fingerprint density at radius 3 is 1.12 bits per heavy atom. The molecular weight excluding hydrogens is 1410 g/mol. The molecule has 16 aliphatic heterocycles. The second-order valence-corrected chi connectivity index (χ2v) is 40.5. The monoisotopic (exact) mass is 1520 g/mol. The Bertz CT molecular complexity index is 4380. The summed E-state index contributed by atoms with van der Waals surface area (Å²) < 4.78 is 97.7. The van der Waals surface area contributed by atoms with Gasteiger partial charge in [-0.25, -0.2) is 19.2 Å². The van der Waals surface area contributed by atoms with Gasteiger partial charge in [0.25, 0.3) is 0 Å². The molecule has 0 aromatic carbocycles. The van der Waals surface area contributed by atoms with Crippen LogP contribution in [0.3, 0.4) is 0 Å². The fraction of sp³-hybridized carbons (Fsp3) is 0.835. The third kappa shape index (κ3) is 6.71. The Labute approximate surface area is 654 Å². The summed E-state index contributed by atoms with van der Waals surface area (Å²) in [5.41, 5.74) is -2.26. The number of Topliss-reactive ketones (excluding diaryl/α,β-unsaturated/α-hetero) is 1. The maximum absolute atomic E-state index is 13.6. The molecule has 0 aromatic heterocycles. The van der Waals surface area contributed by atoms with Crippen molar-refractivity contribution in [3.63, 3.8) is 0 Å². The van der Waals surface area contributed by atoms with Crippen LogP contribution in [0.15, 0.2) is 44.6 Å². The van der Waals surface area contributed by atoms with Crippen molar-refractivity contribution in [1.29, 1.82) is 0 Å².